The molecule has 25 heavy (non-hydrogen) atoms. The molecule has 131 valence electrons. The molecule has 0 saturated heterocycles. The van der Waals surface area contributed by atoms with Gasteiger partial charge in [0.2, 0.25) is 0 Å². The standard InChI is InChI=1S/C16H15F3N5O/c1-9(21-8-16(17,18)19)10-2-4-11(5-3-10)22-14-13-12(23-24-14)6-7-20-15(13)25/h2-7,9,21H,8H2,1H3,(H,20,25)(H,22,24). The molecule has 0 aliphatic carbocycles. The quantitative estimate of drug-likeness (QED) is 0.793. The van der Waals surface area contributed by atoms with E-state index in [-0.39, 0.29) is 5.56 Å². The fourth-order valence-corrected chi connectivity index (χ4v) is 2.40. The van der Waals surface area contributed by atoms with Crippen molar-refractivity contribution in [3.63, 3.8) is 0 Å². The van der Waals surface area contributed by atoms with Crippen LogP contribution in [0.4, 0.5) is 24.5 Å². The van der Waals surface area contributed by atoms with Gasteiger partial charge in [-0.1, -0.05) is 12.1 Å². The largest absolute Gasteiger partial charge is 0.401 e. The predicted molar refractivity (Wildman–Crippen MR) is 87.9 cm³/mol. The van der Waals surface area contributed by atoms with Gasteiger partial charge in [0, 0.05) is 17.9 Å². The van der Waals surface area contributed by atoms with E-state index in [1.165, 1.54) is 6.20 Å². The van der Waals surface area contributed by atoms with E-state index in [0.29, 0.717) is 28.3 Å². The molecule has 1 unspecified atom stereocenters. The predicted octanol–water partition coefficient (Wildman–Crippen LogP) is 2.61. The second-order valence-electron chi connectivity index (χ2n) is 5.58. The summed E-state index contributed by atoms with van der Waals surface area (Å²) in [6.45, 7) is 0.607. The average Bonchev–Trinajstić information content (AvgIpc) is 2.97. The van der Waals surface area contributed by atoms with Crippen LogP contribution in [0, 0.1) is 0 Å². The van der Waals surface area contributed by atoms with Gasteiger partial charge in [0.05, 0.1) is 6.54 Å². The Kier molecular flexibility index (Phi) is 4.49. The van der Waals surface area contributed by atoms with Crippen LogP contribution in [0.15, 0.2) is 46.4 Å². The molecule has 0 saturated carbocycles. The van der Waals surface area contributed by atoms with Crippen molar-refractivity contribution in [1.29, 1.82) is 0 Å². The summed E-state index contributed by atoms with van der Waals surface area (Å²) >= 11 is 0. The van der Waals surface area contributed by atoms with Gasteiger partial charge in [-0.2, -0.15) is 13.2 Å². The summed E-state index contributed by atoms with van der Waals surface area (Å²) in [6.07, 6.45) is -2.76. The number of fused-ring (bicyclic) bond motifs is 1. The first-order valence-corrected chi connectivity index (χ1v) is 7.51. The Bertz CT molecular complexity index is 842. The molecule has 1 aromatic heterocycles. The first-order valence-electron chi connectivity index (χ1n) is 7.51. The number of pyridine rings is 1. The number of hydrogen-bond acceptors (Lipinski definition) is 4. The molecular formula is C16H15F3N5O. The van der Waals surface area contributed by atoms with E-state index in [2.05, 4.69) is 26.1 Å². The van der Waals surface area contributed by atoms with Crippen molar-refractivity contribution in [2.75, 3.05) is 11.9 Å². The van der Waals surface area contributed by atoms with Gasteiger partial charge in [-0.05, 0) is 30.7 Å². The Morgan fingerprint density at radius 3 is 2.60 bits per heavy atom. The summed E-state index contributed by atoms with van der Waals surface area (Å²) in [5.74, 6) is 0.327. The van der Waals surface area contributed by atoms with Gasteiger partial charge in [-0.3, -0.25) is 4.79 Å². The lowest BCUT2D eigenvalue weighted by molar-refractivity contribution is -0.126. The van der Waals surface area contributed by atoms with E-state index >= 15 is 0 Å². The van der Waals surface area contributed by atoms with E-state index in [1.54, 1.807) is 37.3 Å². The molecule has 0 spiro atoms. The van der Waals surface area contributed by atoms with Gasteiger partial charge < -0.3 is 15.6 Å². The SMILES string of the molecule is CC(NCC(F)(F)F)c1ccc(NC2=N[N]c3cc[nH]c(=O)c32)cc1. The number of anilines is 1. The van der Waals surface area contributed by atoms with Crippen molar-refractivity contribution in [3.8, 4) is 0 Å². The molecule has 2 heterocycles. The van der Waals surface area contributed by atoms with Crippen molar-refractivity contribution in [2.45, 2.75) is 19.1 Å². The normalized spacial score (nSPS) is 14.5. The minimum absolute atomic E-state index is 0.299. The number of halogens is 3. The minimum Gasteiger partial charge on any atom is -0.338 e. The van der Waals surface area contributed by atoms with Crippen molar-refractivity contribution in [3.05, 3.63) is 58.0 Å². The van der Waals surface area contributed by atoms with Crippen LogP contribution in [0.2, 0.25) is 0 Å². The lowest BCUT2D eigenvalue weighted by atomic mass is 10.1. The van der Waals surface area contributed by atoms with E-state index in [9.17, 15) is 18.0 Å². The van der Waals surface area contributed by atoms with Crippen LogP contribution in [0.3, 0.4) is 0 Å². The average molecular weight is 350 g/mol. The molecule has 1 aromatic carbocycles. The molecule has 1 aliphatic rings. The summed E-state index contributed by atoms with van der Waals surface area (Å²) in [5.41, 5.74) is 5.82. The highest BCUT2D eigenvalue weighted by atomic mass is 19.4. The third kappa shape index (κ3) is 4.00. The lowest BCUT2D eigenvalue weighted by Crippen LogP contribution is -2.30. The molecule has 3 N–H and O–H groups in total. The zero-order valence-electron chi connectivity index (χ0n) is 13.2. The van der Waals surface area contributed by atoms with Gasteiger partial charge in [0.25, 0.3) is 5.56 Å². The second-order valence-corrected chi connectivity index (χ2v) is 5.58. The molecule has 0 bridgehead atoms. The second kappa shape index (κ2) is 6.60. The first-order chi connectivity index (χ1) is 11.8. The van der Waals surface area contributed by atoms with Gasteiger partial charge in [0.15, 0.2) is 5.84 Å². The number of hydrogen-bond donors (Lipinski definition) is 3. The van der Waals surface area contributed by atoms with Crippen LogP contribution >= 0.6 is 0 Å². The van der Waals surface area contributed by atoms with Crippen LogP contribution in [-0.4, -0.2) is 23.5 Å². The van der Waals surface area contributed by atoms with Crippen molar-refractivity contribution in [2.24, 2.45) is 5.10 Å². The van der Waals surface area contributed by atoms with Gasteiger partial charge >= 0.3 is 6.18 Å². The number of H-pyrrole nitrogens is 1. The Morgan fingerprint density at radius 2 is 1.92 bits per heavy atom. The third-order valence-electron chi connectivity index (χ3n) is 3.72. The Morgan fingerprint density at radius 1 is 1.20 bits per heavy atom. The van der Waals surface area contributed by atoms with E-state index in [1.807, 2.05) is 0 Å². The summed E-state index contributed by atoms with van der Waals surface area (Å²) < 4.78 is 36.8. The molecule has 0 fully saturated rings. The molecule has 1 aliphatic heterocycles. The topological polar surface area (TPSA) is 83.4 Å². The summed E-state index contributed by atoms with van der Waals surface area (Å²) in [4.78, 5) is 14.4. The Balaban J connectivity index is 1.68. The maximum Gasteiger partial charge on any atom is 0.401 e. The number of benzene rings is 1. The van der Waals surface area contributed by atoms with Crippen molar-refractivity contribution < 1.29 is 13.2 Å². The van der Waals surface area contributed by atoms with Gasteiger partial charge in [0.1, 0.15) is 11.3 Å². The number of rotatable bonds is 4. The number of aromatic nitrogens is 1. The minimum atomic E-state index is -4.25. The van der Waals surface area contributed by atoms with E-state index in [0.717, 1.165) is 0 Å². The highest BCUT2D eigenvalue weighted by molar-refractivity contribution is 6.12. The van der Waals surface area contributed by atoms with E-state index in [4.69, 9.17) is 0 Å². The first kappa shape index (κ1) is 17.0. The van der Waals surface area contributed by atoms with Gasteiger partial charge in [-0.15, -0.1) is 10.5 Å². The number of amidine groups is 1. The van der Waals surface area contributed by atoms with Gasteiger partial charge in [-0.25, -0.2) is 0 Å². The molecule has 6 nitrogen and oxygen atoms in total. The van der Waals surface area contributed by atoms with Crippen LogP contribution in [0.5, 0.6) is 0 Å². The molecule has 0 amide bonds. The maximum atomic E-state index is 12.3. The summed E-state index contributed by atoms with van der Waals surface area (Å²) in [7, 11) is 0. The van der Waals surface area contributed by atoms with Crippen molar-refractivity contribution >= 4 is 17.2 Å². The number of nitrogens with one attached hydrogen (secondary N) is 3. The Hall–Kier alpha value is -2.81. The zero-order valence-corrected chi connectivity index (χ0v) is 13.2. The smallest absolute Gasteiger partial charge is 0.338 e. The number of nitrogens with zero attached hydrogens (tertiary/aromatic N) is 2. The fraction of sp³-hybridized carbons (Fsp3) is 0.250. The third-order valence-corrected chi connectivity index (χ3v) is 3.72. The molecule has 1 radical (unpaired) electrons. The fourth-order valence-electron chi connectivity index (χ4n) is 2.40. The number of aromatic amines is 1. The highest BCUT2D eigenvalue weighted by Crippen LogP contribution is 2.22. The molecule has 1 atom stereocenters. The van der Waals surface area contributed by atoms with Crippen LogP contribution < -0.4 is 21.6 Å². The number of alkyl halides is 3. The molecular weight excluding hydrogens is 335 g/mol. The molecule has 9 heteroatoms. The lowest BCUT2D eigenvalue weighted by Gasteiger charge is -2.16. The Labute approximate surface area is 141 Å². The van der Waals surface area contributed by atoms with Crippen LogP contribution in [0.1, 0.15) is 24.1 Å². The van der Waals surface area contributed by atoms with E-state index < -0.39 is 18.8 Å². The van der Waals surface area contributed by atoms with Crippen LogP contribution in [0.25, 0.3) is 0 Å². The highest BCUT2D eigenvalue weighted by Gasteiger charge is 2.27. The van der Waals surface area contributed by atoms with Crippen molar-refractivity contribution in [1.82, 2.24) is 15.7 Å². The zero-order chi connectivity index (χ0) is 18.0. The maximum absolute atomic E-state index is 12.3. The summed E-state index contributed by atoms with van der Waals surface area (Å²) in [5, 5.41) is 9.37. The molecule has 2 aromatic rings. The summed E-state index contributed by atoms with van der Waals surface area (Å²) in [6, 6.07) is 8.03. The van der Waals surface area contributed by atoms with Crippen LogP contribution in [-0.2, 0) is 0 Å². The molecule has 3 rings (SSSR count). The monoisotopic (exact) mass is 350 g/mol.